The lowest BCUT2D eigenvalue weighted by atomic mass is 10.3. The van der Waals surface area contributed by atoms with E-state index in [4.69, 9.17) is 4.52 Å². The first-order valence-corrected chi connectivity index (χ1v) is 6.23. The van der Waals surface area contributed by atoms with Crippen LogP contribution in [0.1, 0.15) is 21.9 Å². The minimum atomic E-state index is -0.381. The van der Waals surface area contributed by atoms with Gasteiger partial charge >= 0.3 is 0 Å². The van der Waals surface area contributed by atoms with Crippen molar-refractivity contribution >= 4 is 17.6 Å². The van der Waals surface area contributed by atoms with Crippen LogP contribution in [0.4, 0.5) is 5.82 Å². The fourth-order valence-electron chi connectivity index (χ4n) is 1.59. The number of anilines is 1. The molecule has 2 rings (SSSR count). The number of nitrogens with zero attached hydrogens (tertiary/aromatic N) is 4. The Bertz CT molecular complexity index is 650. The molecule has 21 heavy (non-hydrogen) atoms. The number of carbonyl (C=O) groups excluding carboxylic acids is 2. The normalized spacial score (nSPS) is 10.2. The van der Waals surface area contributed by atoms with E-state index in [0.29, 0.717) is 17.3 Å². The van der Waals surface area contributed by atoms with Crippen molar-refractivity contribution < 1.29 is 14.1 Å². The van der Waals surface area contributed by atoms with E-state index in [-0.39, 0.29) is 24.1 Å². The van der Waals surface area contributed by atoms with Gasteiger partial charge in [0, 0.05) is 19.3 Å². The Kier molecular flexibility index (Phi) is 4.27. The maximum absolute atomic E-state index is 12.1. The van der Waals surface area contributed by atoms with Crippen LogP contribution in [-0.2, 0) is 4.79 Å². The Labute approximate surface area is 121 Å². The molecule has 2 aromatic heterocycles. The predicted octanol–water partition coefficient (Wildman–Crippen LogP) is 0.792. The van der Waals surface area contributed by atoms with Gasteiger partial charge in [0.2, 0.25) is 5.91 Å². The molecular weight excluding hydrogens is 274 g/mol. The summed E-state index contributed by atoms with van der Waals surface area (Å²) in [5, 5.41) is 6.18. The summed E-state index contributed by atoms with van der Waals surface area (Å²) in [4.78, 5) is 33.1. The number of nitrogens with one attached hydrogen (secondary N) is 1. The number of aryl methyl sites for hydroxylation is 2. The lowest BCUT2D eigenvalue weighted by Crippen LogP contribution is -2.35. The van der Waals surface area contributed by atoms with Gasteiger partial charge < -0.3 is 14.7 Å². The monoisotopic (exact) mass is 289 g/mol. The summed E-state index contributed by atoms with van der Waals surface area (Å²) in [7, 11) is 1.51. The molecule has 0 atom stereocenters. The van der Waals surface area contributed by atoms with Crippen LogP contribution in [0.3, 0.4) is 0 Å². The molecule has 8 nitrogen and oxygen atoms in total. The number of hydrogen-bond acceptors (Lipinski definition) is 6. The van der Waals surface area contributed by atoms with E-state index in [1.54, 1.807) is 19.9 Å². The van der Waals surface area contributed by atoms with Crippen LogP contribution in [0, 0.1) is 13.8 Å². The molecule has 8 heteroatoms. The number of hydrogen-bond donors (Lipinski definition) is 1. The highest BCUT2D eigenvalue weighted by molar-refractivity contribution is 5.97. The van der Waals surface area contributed by atoms with E-state index < -0.39 is 0 Å². The summed E-state index contributed by atoms with van der Waals surface area (Å²) < 4.78 is 4.83. The second kappa shape index (κ2) is 6.12. The number of rotatable bonds is 4. The highest BCUT2D eigenvalue weighted by Gasteiger charge is 2.17. The van der Waals surface area contributed by atoms with Gasteiger partial charge in [-0.2, -0.15) is 0 Å². The predicted molar refractivity (Wildman–Crippen MR) is 73.6 cm³/mol. The summed E-state index contributed by atoms with van der Waals surface area (Å²) in [6.07, 6.45) is 2.88. The van der Waals surface area contributed by atoms with Crippen molar-refractivity contribution in [3.63, 3.8) is 0 Å². The number of amides is 2. The Morgan fingerprint density at radius 3 is 2.62 bits per heavy atom. The van der Waals surface area contributed by atoms with Gasteiger partial charge in [-0.25, -0.2) is 4.98 Å². The second-order valence-electron chi connectivity index (χ2n) is 4.58. The Morgan fingerprint density at radius 2 is 2.05 bits per heavy atom. The summed E-state index contributed by atoms with van der Waals surface area (Å²) in [5.41, 5.74) is 0.904. The highest BCUT2D eigenvalue weighted by Crippen LogP contribution is 2.07. The SMILES string of the molecule is Cc1cnc(C(=O)N(C)CC(=O)Nc2cc(C)on2)cn1. The molecule has 0 spiro atoms. The van der Waals surface area contributed by atoms with Gasteiger partial charge in [0.05, 0.1) is 18.4 Å². The van der Waals surface area contributed by atoms with Gasteiger partial charge in [-0.3, -0.25) is 14.6 Å². The van der Waals surface area contributed by atoms with Crippen LogP contribution in [-0.4, -0.2) is 45.4 Å². The van der Waals surface area contributed by atoms with Gasteiger partial charge in [-0.05, 0) is 13.8 Å². The zero-order chi connectivity index (χ0) is 15.4. The molecule has 0 fully saturated rings. The maximum atomic E-state index is 12.1. The summed E-state index contributed by atoms with van der Waals surface area (Å²) in [6, 6.07) is 1.59. The third-order valence-electron chi connectivity index (χ3n) is 2.62. The molecule has 2 aromatic rings. The molecule has 0 aliphatic carbocycles. The first-order valence-electron chi connectivity index (χ1n) is 6.23. The quantitative estimate of drug-likeness (QED) is 0.893. The van der Waals surface area contributed by atoms with Crippen LogP contribution in [0.25, 0.3) is 0 Å². The minimum Gasteiger partial charge on any atom is -0.360 e. The Morgan fingerprint density at radius 1 is 1.29 bits per heavy atom. The molecule has 0 aliphatic rings. The maximum Gasteiger partial charge on any atom is 0.274 e. The molecule has 1 N–H and O–H groups in total. The van der Waals surface area contributed by atoms with E-state index in [1.165, 1.54) is 24.3 Å². The molecular formula is C13H15N5O3. The second-order valence-corrected chi connectivity index (χ2v) is 4.58. The van der Waals surface area contributed by atoms with Gasteiger partial charge in [-0.1, -0.05) is 5.16 Å². The van der Waals surface area contributed by atoms with E-state index in [0.717, 1.165) is 0 Å². The topological polar surface area (TPSA) is 101 Å². The standard InChI is InChI=1S/C13H15N5O3/c1-8-5-15-10(6-14-8)13(20)18(3)7-12(19)16-11-4-9(2)21-17-11/h4-6H,7H2,1-3H3,(H,16,17,19). The first-order chi connectivity index (χ1) is 9.95. The van der Waals surface area contributed by atoms with Crippen LogP contribution in [0.5, 0.6) is 0 Å². The zero-order valence-corrected chi connectivity index (χ0v) is 12.0. The summed E-state index contributed by atoms with van der Waals surface area (Å²) >= 11 is 0. The molecule has 0 unspecified atom stereocenters. The van der Waals surface area contributed by atoms with Crippen LogP contribution in [0.2, 0.25) is 0 Å². The van der Waals surface area contributed by atoms with Gasteiger partial charge in [0.25, 0.3) is 5.91 Å². The molecule has 0 bridgehead atoms. The zero-order valence-electron chi connectivity index (χ0n) is 12.0. The smallest absolute Gasteiger partial charge is 0.274 e. The van der Waals surface area contributed by atoms with Crippen molar-refractivity contribution in [2.24, 2.45) is 0 Å². The molecule has 0 radical (unpaired) electrons. The average molecular weight is 289 g/mol. The molecule has 0 aromatic carbocycles. The fraction of sp³-hybridized carbons (Fsp3) is 0.308. The molecule has 0 aliphatic heterocycles. The first kappa shape index (κ1) is 14.6. The van der Waals surface area contributed by atoms with Crippen LogP contribution in [0.15, 0.2) is 23.0 Å². The van der Waals surface area contributed by atoms with E-state index in [2.05, 4.69) is 20.4 Å². The van der Waals surface area contributed by atoms with Crippen molar-refractivity contribution in [3.8, 4) is 0 Å². The third-order valence-corrected chi connectivity index (χ3v) is 2.62. The molecule has 2 amide bonds. The lowest BCUT2D eigenvalue weighted by molar-refractivity contribution is -0.116. The molecule has 0 saturated heterocycles. The fourth-order valence-corrected chi connectivity index (χ4v) is 1.59. The lowest BCUT2D eigenvalue weighted by Gasteiger charge is -2.15. The van der Waals surface area contributed by atoms with E-state index in [1.807, 2.05) is 0 Å². The summed E-state index contributed by atoms with van der Waals surface area (Å²) in [5.74, 6) is 0.145. The van der Waals surface area contributed by atoms with Crippen LogP contribution >= 0.6 is 0 Å². The number of aromatic nitrogens is 3. The largest absolute Gasteiger partial charge is 0.360 e. The molecule has 110 valence electrons. The molecule has 0 saturated carbocycles. The van der Waals surface area contributed by atoms with Gasteiger partial charge in [0.1, 0.15) is 11.5 Å². The van der Waals surface area contributed by atoms with Crippen molar-refractivity contribution in [2.75, 3.05) is 18.9 Å². The number of carbonyl (C=O) groups is 2. The van der Waals surface area contributed by atoms with Gasteiger partial charge in [0.15, 0.2) is 5.82 Å². The average Bonchev–Trinajstić information content (AvgIpc) is 2.83. The van der Waals surface area contributed by atoms with Crippen molar-refractivity contribution in [1.82, 2.24) is 20.0 Å². The highest BCUT2D eigenvalue weighted by atomic mass is 16.5. The third kappa shape index (κ3) is 3.85. The summed E-state index contributed by atoms with van der Waals surface area (Å²) in [6.45, 7) is 3.37. The van der Waals surface area contributed by atoms with E-state index >= 15 is 0 Å². The van der Waals surface area contributed by atoms with Crippen molar-refractivity contribution in [2.45, 2.75) is 13.8 Å². The Hall–Kier alpha value is -2.77. The van der Waals surface area contributed by atoms with Crippen LogP contribution < -0.4 is 5.32 Å². The molecule has 2 heterocycles. The Balaban J connectivity index is 1.94. The van der Waals surface area contributed by atoms with Gasteiger partial charge in [-0.15, -0.1) is 0 Å². The van der Waals surface area contributed by atoms with E-state index in [9.17, 15) is 9.59 Å². The minimum absolute atomic E-state index is 0.125. The number of likely N-dealkylation sites (N-methyl/N-ethyl adjacent to an activating group) is 1. The van der Waals surface area contributed by atoms with Crippen molar-refractivity contribution in [1.29, 1.82) is 0 Å². The van der Waals surface area contributed by atoms with Crippen molar-refractivity contribution in [3.05, 3.63) is 35.6 Å².